The second-order valence-electron chi connectivity index (χ2n) is 11.2. The number of benzene rings is 4. The van der Waals surface area contributed by atoms with E-state index in [9.17, 15) is 11.0 Å². The molecule has 1 fully saturated rings. The molecule has 0 spiro atoms. The van der Waals surface area contributed by atoms with Gasteiger partial charge in [0.15, 0.2) is 6.20 Å². The van der Waals surface area contributed by atoms with E-state index >= 15 is 0 Å². The lowest BCUT2D eigenvalue weighted by Gasteiger charge is -2.29. The molecule has 0 N–H and O–H groups in total. The lowest BCUT2D eigenvalue weighted by atomic mass is 9.76. The average molecular weight is 554 g/mol. The summed E-state index contributed by atoms with van der Waals surface area (Å²) in [6, 6.07) is 31.0. The summed E-state index contributed by atoms with van der Waals surface area (Å²) in [6.45, 7) is 1.99. The maximum absolute atomic E-state index is 14.4. The number of aryl methyl sites for hydroxylation is 2. The SMILES string of the molecule is [2H]C1(c2ccccc2)CCC([2H])(c2ccc(-c3c(C#N)ccc4c3oc3c(-c5cc(F)cc[n+]5C)c(C)ccc34)cc2)CC1. The highest BCUT2D eigenvalue weighted by atomic mass is 19.1. The summed E-state index contributed by atoms with van der Waals surface area (Å²) in [4.78, 5) is 0. The molecule has 42 heavy (non-hydrogen) atoms. The summed E-state index contributed by atoms with van der Waals surface area (Å²) in [7, 11) is 1.88. The molecule has 7 rings (SSSR count). The quantitative estimate of drug-likeness (QED) is 0.204. The van der Waals surface area contributed by atoms with E-state index in [0.717, 1.165) is 38.6 Å². The minimum atomic E-state index is -0.770. The predicted octanol–water partition coefficient (Wildman–Crippen LogP) is 9.51. The van der Waals surface area contributed by atoms with Crippen molar-refractivity contribution in [3.05, 3.63) is 125 Å². The van der Waals surface area contributed by atoms with Crippen molar-refractivity contribution in [3.63, 3.8) is 0 Å². The monoisotopic (exact) mass is 553 g/mol. The highest BCUT2D eigenvalue weighted by Crippen LogP contribution is 2.44. The van der Waals surface area contributed by atoms with E-state index < -0.39 is 11.8 Å². The summed E-state index contributed by atoms with van der Waals surface area (Å²) in [5, 5.41) is 11.9. The topological polar surface area (TPSA) is 40.8 Å². The van der Waals surface area contributed by atoms with Crippen LogP contribution in [0.15, 0.2) is 102 Å². The van der Waals surface area contributed by atoms with E-state index in [0.29, 0.717) is 53.7 Å². The van der Waals surface area contributed by atoms with Gasteiger partial charge in [-0.3, -0.25) is 0 Å². The van der Waals surface area contributed by atoms with E-state index in [1.54, 1.807) is 6.20 Å². The Bertz CT molecular complexity index is 2090. The van der Waals surface area contributed by atoms with Crippen LogP contribution >= 0.6 is 0 Å². The zero-order valence-electron chi connectivity index (χ0n) is 25.7. The molecule has 3 nitrogen and oxygen atoms in total. The zero-order chi connectivity index (χ0) is 30.6. The summed E-state index contributed by atoms with van der Waals surface area (Å²) >= 11 is 0. The third kappa shape index (κ3) is 4.46. The van der Waals surface area contributed by atoms with Crippen molar-refractivity contribution in [3.8, 4) is 28.5 Å². The second kappa shape index (κ2) is 10.6. The van der Waals surface area contributed by atoms with Gasteiger partial charge >= 0.3 is 0 Å². The second-order valence-corrected chi connectivity index (χ2v) is 11.2. The molecule has 0 radical (unpaired) electrons. The molecule has 0 atom stereocenters. The van der Waals surface area contributed by atoms with Gasteiger partial charge in [-0.1, -0.05) is 66.7 Å². The van der Waals surface area contributed by atoms with Crippen LogP contribution < -0.4 is 4.57 Å². The van der Waals surface area contributed by atoms with Gasteiger partial charge in [-0.2, -0.15) is 5.26 Å². The molecule has 0 amide bonds. The van der Waals surface area contributed by atoms with E-state index in [1.807, 2.05) is 97.4 Å². The molecule has 0 aliphatic heterocycles. The summed E-state index contributed by atoms with van der Waals surface area (Å²) < 4.78 is 41.3. The maximum Gasteiger partial charge on any atom is 0.219 e. The van der Waals surface area contributed by atoms with Crippen LogP contribution in [-0.2, 0) is 7.05 Å². The zero-order valence-corrected chi connectivity index (χ0v) is 23.7. The van der Waals surface area contributed by atoms with Crippen LogP contribution in [-0.4, -0.2) is 0 Å². The highest BCUT2D eigenvalue weighted by molar-refractivity contribution is 6.14. The van der Waals surface area contributed by atoms with Gasteiger partial charge in [0.1, 0.15) is 24.0 Å². The molecule has 0 bridgehead atoms. The molecule has 0 unspecified atom stereocenters. The van der Waals surface area contributed by atoms with Gasteiger partial charge < -0.3 is 4.42 Å². The Balaban J connectivity index is 1.30. The Kier molecular flexibility index (Phi) is 6.02. The van der Waals surface area contributed by atoms with Crippen LogP contribution in [0.1, 0.15) is 62.5 Å². The lowest BCUT2D eigenvalue weighted by Crippen LogP contribution is -2.30. The first-order chi connectivity index (χ1) is 21.2. The van der Waals surface area contributed by atoms with Gasteiger partial charge in [0, 0.05) is 31.2 Å². The molecule has 1 aliphatic carbocycles. The summed E-state index contributed by atoms with van der Waals surface area (Å²) in [5.41, 5.74) is 7.72. The molecule has 4 heteroatoms. The third-order valence-corrected chi connectivity index (χ3v) is 8.73. The first-order valence-corrected chi connectivity index (χ1v) is 14.4. The highest BCUT2D eigenvalue weighted by Gasteiger charge is 2.25. The van der Waals surface area contributed by atoms with E-state index in [4.69, 9.17) is 5.79 Å². The number of rotatable bonds is 4. The van der Waals surface area contributed by atoms with Crippen LogP contribution in [0.2, 0.25) is 0 Å². The number of aromatic nitrogens is 1. The molecule has 1 aliphatic rings. The van der Waals surface area contributed by atoms with E-state index in [2.05, 4.69) is 6.07 Å². The first kappa shape index (κ1) is 23.9. The smallest absolute Gasteiger partial charge is 0.219 e. The number of hydrogen-bond donors (Lipinski definition) is 0. The Morgan fingerprint density at radius 3 is 2.10 bits per heavy atom. The van der Waals surface area contributed by atoms with E-state index in [-0.39, 0.29) is 5.82 Å². The average Bonchev–Trinajstić information content (AvgIpc) is 3.42. The molecule has 4 aromatic carbocycles. The minimum absolute atomic E-state index is 0.322. The summed E-state index contributed by atoms with van der Waals surface area (Å²) in [6.07, 6.45) is 4.16. The third-order valence-electron chi connectivity index (χ3n) is 8.73. The Labute approximate surface area is 248 Å². The lowest BCUT2D eigenvalue weighted by molar-refractivity contribution is -0.660. The number of furan rings is 1. The van der Waals surface area contributed by atoms with Crippen molar-refractivity contribution in [2.45, 2.75) is 44.4 Å². The van der Waals surface area contributed by atoms with Crippen LogP contribution in [0.3, 0.4) is 0 Å². The number of halogens is 1. The minimum Gasteiger partial charge on any atom is -0.454 e. The van der Waals surface area contributed by atoms with Gasteiger partial charge in [-0.15, -0.1) is 0 Å². The van der Waals surface area contributed by atoms with Crippen molar-refractivity contribution >= 4 is 21.9 Å². The van der Waals surface area contributed by atoms with Crippen LogP contribution in [0, 0.1) is 24.1 Å². The Morgan fingerprint density at radius 1 is 0.810 bits per heavy atom. The van der Waals surface area contributed by atoms with Crippen molar-refractivity contribution in [1.82, 2.24) is 0 Å². The van der Waals surface area contributed by atoms with Crippen LogP contribution in [0.5, 0.6) is 0 Å². The standard InChI is InChI=1S/C38H32FN2O/c1-24-8-18-32-33-19-17-30(23-40)36(38(33)42-37(32)35(24)34-22-31(39)20-21-41(34)2)29-15-13-28(14-16-29)27-11-9-26(10-12-27)25-6-4-3-5-7-25/h3-8,13-22,26-27H,9-12H2,1-2H3/q+1/i26D,27D. The first-order valence-electron chi connectivity index (χ1n) is 15.4. The van der Waals surface area contributed by atoms with E-state index in [1.165, 1.54) is 12.1 Å². The van der Waals surface area contributed by atoms with Crippen molar-refractivity contribution in [2.75, 3.05) is 0 Å². The van der Waals surface area contributed by atoms with Crippen LogP contribution in [0.4, 0.5) is 4.39 Å². The Hall–Kier alpha value is -4.75. The number of pyridine rings is 1. The van der Waals surface area contributed by atoms with Crippen molar-refractivity contribution in [1.29, 1.82) is 5.26 Å². The molecule has 1 saturated carbocycles. The number of nitriles is 1. The summed E-state index contributed by atoms with van der Waals surface area (Å²) in [5.74, 6) is -1.75. The molecule has 6 aromatic rings. The maximum atomic E-state index is 14.4. The van der Waals surface area contributed by atoms with Crippen LogP contribution in [0.25, 0.3) is 44.3 Å². The molecule has 0 saturated heterocycles. The normalized spacial score (nSPS) is 21.2. The molecule has 2 aromatic heterocycles. The number of fused-ring (bicyclic) bond motifs is 3. The van der Waals surface area contributed by atoms with Gasteiger partial charge in [0.25, 0.3) is 0 Å². The van der Waals surface area contributed by atoms with Gasteiger partial charge in [-0.05, 0) is 78.8 Å². The fraction of sp³-hybridized carbons (Fsp3) is 0.211. The fourth-order valence-corrected chi connectivity index (χ4v) is 6.47. The largest absolute Gasteiger partial charge is 0.454 e. The molecule has 206 valence electrons. The predicted molar refractivity (Wildman–Crippen MR) is 166 cm³/mol. The molecular weight excluding hydrogens is 519 g/mol. The Morgan fingerprint density at radius 2 is 1.43 bits per heavy atom. The van der Waals surface area contributed by atoms with Gasteiger partial charge in [0.05, 0.1) is 17.2 Å². The number of hydrogen-bond acceptors (Lipinski definition) is 2. The van der Waals surface area contributed by atoms with Crippen molar-refractivity contribution in [2.24, 2.45) is 7.05 Å². The fourth-order valence-electron chi connectivity index (χ4n) is 6.47. The molecule has 2 heterocycles. The van der Waals surface area contributed by atoms with Gasteiger partial charge in [-0.25, -0.2) is 8.96 Å². The number of nitrogens with zero attached hydrogens (tertiary/aromatic N) is 2. The molecular formula is C38H32FN2O+. The van der Waals surface area contributed by atoms with Crippen molar-refractivity contribution < 1.29 is 16.1 Å². The van der Waals surface area contributed by atoms with Gasteiger partial charge in [0.2, 0.25) is 5.69 Å².